The van der Waals surface area contributed by atoms with E-state index in [-0.39, 0.29) is 63.6 Å². The number of hydrogen-bond acceptors (Lipinski definition) is 14. The molecule has 0 fully saturated rings. The fraction of sp³-hybridized carbons (Fsp3) is 0.447. The van der Waals surface area contributed by atoms with Crippen LogP contribution in [-0.4, -0.2) is 127 Å². The lowest BCUT2D eigenvalue weighted by Gasteiger charge is -2.29. The first-order valence-electron chi connectivity index (χ1n) is 21.0. The smallest absolute Gasteiger partial charge is 0.196 e. The third kappa shape index (κ3) is 12.3. The molecule has 4 atom stereocenters. The molecular weight excluding hydrogens is 817 g/mol. The van der Waals surface area contributed by atoms with Crippen molar-refractivity contribution in [3.05, 3.63) is 104 Å². The molecule has 0 amide bonds. The standard InChI is InChI=1S/C47H58N2O10S2/c1-5-15-48(24-33(51)27-58-35-19-30(3)46-39(21-35)44(54)37-11-7-9-13-41(37)60-46)23-32(50)26-56-17-18-57-29-43(53)49(16-6-2)25-34(52)28-59-36-20-31(4)47-40(22-36)45(55)38-12-8-10-14-42(38)61-47/h7-14,19-22,32-34,43,50-53H,5-6,15-18,23-29H2,1-4H3. The Labute approximate surface area is 364 Å². The van der Waals surface area contributed by atoms with Gasteiger partial charge in [-0.3, -0.25) is 19.4 Å². The maximum absolute atomic E-state index is 13.2. The summed E-state index contributed by atoms with van der Waals surface area (Å²) in [5.41, 5.74) is 1.78. The predicted molar refractivity (Wildman–Crippen MR) is 246 cm³/mol. The van der Waals surface area contributed by atoms with Crippen molar-refractivity contribution >= 4 is 63.0 Å². The second-order valence-corrected chi connectivity index (χ2v) is 17.7. The van der Waals surface area contributed by atoms with Crippen molar-refractivity contribution < 1.29 is 39.4 Å². The second-order valence-electron chi connectivity index (χ2n) is 15.6. The Morgan fingerprint density at radius 1 is 0.574 bits per heavy atom. The average Bonchev–Trinajstić information content (AvgIpc) is 3.24. The highest BCUT2D eigenvalue weighted by molar-refractivity contribution is 7.25. The van der Waals surface area contributed by atoms with E-state index in [1.165, 1.54) is 0 Å². The summed E-state index contributed by atoms with van der Waals surface area (Å²) in [6.45, 7) is 10.3. The van der Waals surface area contributed by atoms with E-state index in [0.29, 0.717) is 52.7 Å². The van der Waals surface area contributed by atoms with Gasteiger partial charge in [-0.15, -0.1) is 22.7 Å². The second kappa shape index (κ2) is 22.3. The van der Waals surface area contributed by atoms with Crippen molar-refractivity contribution in [1.29, 1.82) is 0 Å². The molecule has 0 aliphatic heterocycles. The van der Waals surface area contributed by atoms with Crippen LogP contribution in [0.3, 0.4) is 0 Å². The Bertz CT molecular complexity index is 2490. The number of aliphatic hydroxyl groups is 4. The minimum Gasteiger partial charge on any atom is -0.491 e. The van der Waals surface area contributed by atoms with Crippen molar-refractivity contribution in [1.82, 2.24) is 9.80 Å². The molecule has 2 heterocycles. The predicted octanol–water partition coefficient (Wildman–Crippen LogP) is 6.08. The summed E-state index contributed by atoms with van der Waals surface area (Å²) >= 11 is 3.15. The number of ether oxygens (including phenoxy) is 4. The van der Waals surface area contributed by atoms with E-state index >= 15 is 0 Å². The van der Waals surface area contributed by atoms with Gasteiger partial charge in [-0.2, -0.15) is 0 Å². The van der Waals surface area contributed by atoms with Crippen LogP contribution in [0.1, 0.15) is 37.8 Å². The number of benzene rings is 4. The summed E-state index contributed by atoms with van der Waals surface area (Å²) in [4.78, 5) is 30.2. The number of hydrogen-bond donors (Lipinski definition) is 4. The molecular formula is C47H58N2O10S2. The van der Waals surface area contributed by atoms with Gasteiger partial charge in [-0.25, -0.2) is 0 Å². The molecule has 61 heavy (non-hydrogen) atoms. The van der Waals surface area contributed by atoms with Crippen LogP contribution in [0, 0.1) is 13.8 Å². The van der Waals surface area contributed by atoms with E-state index in [4.69, 9.17) is 18.9 Å². The molecule has 14 heteroatoms. The summed E-state index contributed by atoms with van der Waals surface area (Å²) in [6, 6.07) is 22.4. The van der Waals surface area contributed by atoms with Crippen LogP contribution in [0.15, 0.2) is 82.4 Å². The third-order valence-electron chi connectivity index (χ3n) is 10.4. The lowest BCUT2D eigenvalue weighted by atomic mass is 10.1. The summed E-state index contributed by atoms with van der Waals surface area (Å²) in [7, 11) is 0. The third-order valence-corrected chi connectivity index (χ3v) is 13.0. The zero-order chi connectivity index (χ0) is 43.5. The van der Waals surface area contributed by atoms with Crippen LogP contribution in [0.2, 0.25) is 0 Å². The van der Waals surface area contributed by atoms with Crippen LogP contribution >= 0.6 is 22.7 Å². The van der Waals surface area contributed by atoms with E-state index < -0.39 is 24.5 Å². The molecule has 2 aromatic heterocycles. The monoisotopic (exact) mass is 874 g/mol. The first-order valence-corrected chi connectivity index (χ1v) is 22.6. The maximum atomic E-state index is 13.2. The molecule has 0 saturated heterocycles. The Morgan fingerprint density at radius 3 is 1.54 bits per heavy atom. The molecule has 6 rings (SSSR count). The Balaban J connectivity index is 0.891. The zero-order valence-corrected chi connectivity index (χ0v) is 37.0. The molecule has 4 aromatic carbocycles. The molecule has 6 aromatic rings. The topological polar surface area (TPSA) is 158 Å². The van der Waals surface area contributed by atoms with Crippen molar-refractivity contribution in [2.75, 3.05) is 72.4 Å². The molecule has 0 aliphatic carbocycles. The van der Waals surface area contributed by atoms with E-state index in [9.17, 15) is 30.0 Å². The minimum atomic E-state index is -0.964. The number of aryl methyl sites for hydroxylation is 2. The van der Waals surface area contributed by atoms with Gasteiger partial charge < -0.3 is 39.4 Å². The Hall–Kier alpha value is -4.06. The van der Waals surface area contributed by atoms with Crippen molar-refractivity contribution in [3.63, 3.8) is 0 Å². The van der Waals surface area contributed by atoms with E-state index in [2.05, 4.69) is 0 Å². The van der Waals surface area contributed by atoms with E-state index in [1.807, 2.05) is 93.3 Å². The van der Waals surface area contributed by atoms with Crippen molar-refractivity contribution in [3.8, 4) is 11.5 Å². The lowest BCUT2D eigenvalue weighted by Crippen LogP contribution is -2.45. The molecule has 0 radical (unpaired) electrons. The summed E-state index contributed by atoms with van der Waals surface area (Å²) < 4.78 is 27.0. The first-order chi connectivity index (χ1) is 29.4. The Kier molecular flexibility index (Phi) is 17.0. The van der Waals surface area contributed by atoms with Crippen LogP contribution in [0.5, 0.6) is 11.5 Å². The highest BCUT2D eigenvalue weighted by atomic mass is 32.1. The fourth-order valence-electron chi connectivity index (χ4n) is 7.52. The fourth-order valence-corrected chi connectivity index (χ4v) is 9.75. The maximum Gasteiger partial charge on any atom is 0.196 e. The van der Waals surface area contributed by atoms with Gasteiger partial charge in [0, 0.05) is 66.5 Å². The van der Waals surface area contributed by atoms with Gasteiger partial charge in [-0.1, -0.05) is 38.1 Å². The summed E-state index contributed by atoms with van der Waals surface area (Å²) in [5.74, 6) is 1.03. The average molecular weight is 875 g/mol. The lowest BCUT2D eigenvalue weighted by molar-refractivity contribution is -0.0846. The van der Waals surface area contributed by atoms with E-state index in [1.54, 1.807) is 39.7 Å². The molecule has 4 N–H and O–H groups in total. The van der Waals surface area contributed by atoms with Crippen molar-refractivity contribution in [2.45, 2.75) is 65.1 Å². The van der Waals surface area contributed by atoms with Gasteiger partial charge in [0.1, 0.15) is 43.1 Å². The SMILES string of the molecule is CCCN(CC(O)COCCOCC(O)N(CCC)CC(O)COc1cc(C)c2sc3ccccc3c(=O)c2c1)CC(O)COc1cc(C)c2sc3ccccc3c(=O)c2c1. The molecule has 0 aliphatic rings. The number of rotatable bonds is 24. The van der Waals surface area contributed by atoms with Gasteiger partial charge >= 0.3 is 0 Å². The molecule has 0 saturated carbocycles. The number of nitrogens with zero attached hydrogens (tertiary/aromatic N) is 2. The molecule has 4 unspecified atom stereocenters. The molecule has 328 valence electrons. The van der Waals surface area contributed by atoms with Gasteiger partial charge in [0.2, 0.25) is 0 Å². The van der Waals surface area contributed by atoms with E-state index in [0.717, 1.165) is 42.8 Å². The first kappa shape index (κ1) is 46.4. The van der Waals surface area contributed by atoms with Gasteiger partial charge in [0.05, 0.1) is 32.5 Å². The Morgan fingerprint density at radius 2 is 1.03 bits per heavy atom. The van der Waals surface area contributed by atoms with Gasteiger partial charge in [0.25, 0.3) is 0 Å². The quantitative estimate of drug-likeness (QED) is 0.0317. The number of aliphatic hydroxyl groups excluding tert-OH is 4. The van der Waals surface area contributed by atoms with Gasteiger partial charge in [-0.05, 0) is 92.9 Å². The van der Waals surface area contributed by atoms with Crippen molar-refractivity contribution in [2.24, 2.45) is 0 Å². The normalized spacial score (nSPS) is 14.1. The zero-order valence-electron chi connectivity index (χ0n) is 35.4. The van der Waals surface area contributed by atoms with Crippen LogP contribution in [-0.2, 0) is 9.47 Å². The molecule has 0 spiro atoms. The van der Waals surface area contributed by atoms with Gasteiger partial charge in [0.15, 0.2) is 10.9 Å². The highest BCUT2D eigenvalue weighted by Gasteiger charge is 2.21. The highest BCUT2D eigenvalue weighted by Crippen LogP contribution is 2.32. The summed E-state index contributed by atoms with van der Waals surface area (Å²) in [6.07, 6.45) is -1.92. The minimum absolute atomic E-state index is 0.00322. The number of fused-ring (bicyclic) bond motifs is 4. The van der Waals surface area contributed by atoms with Crippen LogP contribution in [0.4, 0.5) is 0 Å². The molecule has 12 nitrogen and oxygen atoms in total. The van der Waals surface area contributed by atoms with Crippen LogP contribution < -0.4 is 20.3 Å². The molecule has 0 bridgehead atoms. The largest absolute Gasteiger partial charge is 0.491 e. The summed E-state index contributed by atoms with van der Waals surface area (Å²) in [5, 5.41) is 45.9. The van der Waals surface area contributed by atoms with Crippen LogP contribution in [0.25, 0.3) is 40.3 Å².